The molecule has 1 aromatic rings. The number of piperidine rings is 1. The molecule has 1 fully saturated rings. The van der Waals surface area contributed by atoms with Gasteiger partial charge in [-0.1, -0.05) is 0 Å². The minimum atomic E-state index is -1.08. The summed E-state index contributed by atoms with van der Waals surface area (Å²) in [5, 5.41) is 11.8. The maximum atomic E-state index is 11.2. The van der Waals surface area contributed by atoms with Gasteiger partial charge in [0.1, 0.15) is 11.3 Å². The first kappa shape index (κ1) is 13.2. The number of benzene rings is 1. The Morgan fingerprint density at radius 3 is 3.00 bits per heavy atom. The third-order valence-corrected chi connectivity index (χ3v) is 3.06. The van der Waals surface area contributed by atoms with E-state index in [9.17, 15) is 9.59 Å². The predicted molar refractivity (Wildman–Crippen MR) is 69.0 cm³/mol. The number of nitrogens with two attached hydrogens (primary N) is 1. The third kappa shape index (κ3) is 3.37. The van der Waals surface area contributed by atoms with Crippen molar-refractivity contribution in [2.24, 2.45) is 5.92 Å². The number of carbonyl (C=O) groups excluding carboxylic acids is 1. The van der Waals surface area contributed by atoms with Crippen LogP contribution in [-0.4, -0.2) is 30.1 Å². The molecule has 6 nitrogen and oxygen atoms in total. The van der Waals surface area contributed by atoms with Gasteiger partial charge in [0.25, 0.3) is 0 Å². The molecule has 4 N–H and O–H groups in total. The molecule has 2 rings (SSSR count). The molecule has 1 aliphatic heterocycles. The first-order valence-corrected chi connectivity index (χ1v) is 6.08. The molecular formula is C13H16N2O4. The van der Waals surface area contributed by atoms with Crippen molar-refractivity contribution in [3.8, 4) is 5.75 Å². The van der Waals surface area contributed by atoms with E-state index in [1.54, 1.807) is 12.1 Å². The molecule has 1 amide bonds. The molecule has 1 saturated heterocycles. The van der Waals surface area contributed by atoms with Crippen molar-refractivity contribution < 1.29 is 19.4 Å². The molecule has 1 atom stereocenters. The molecule has 1 unspecified atom stereocenters. The monoisotopic (exact) mass is 264 g/mol. The Balaban J connectivity index is 2.02. The van der Waals surface area contributed by atoms with Gasteiger partial charge >= 0.3 is 5.97 Å². The van der Waals surface area contributed by atoms with Crippen molar-refractivity contribution in [2.45, 2.75) is 12.8 Å². The van der Waals surface area contributed by atoms with Gasteiger partial charge in [-0.3, -0.25) is 4.79 Å². The van der Waals surface area contributed by atoms with Crippen LogP contribution in [0.1, 0.15) is 23.2 Å². The SMILES string of the molecule is Nc1ccc(OCC2CCNC(=O)C2)c(C(=O)O)c1. The molecule has 0 aliphatic carbocycles. The van der Waals surface area contributed by atoms with E-state index in [1.165, 1.54) is 6.07 Å². The van der Waals surface area contributed by atoms with Crippen LogP contribution in [0.15, 0.2) is 18.2 Å². The number of rotatable bonds is 4. The Labute approximate surface area is 110 Å². The van der Waals surface area contributed by atoms with Crippen molar-refractivity contribution in [3.63, 3.8) is 0 Å². The lowest BCUT2D eigenvalue weighted by molar-refractivity contribution is -0.123. The average Bonchev–Trinajstić information content (AvgIpc) is 2.37. The van der Waals surface area contributed by atoms with Crippen LogP contribution >= 0.6 is 0 Å². The second kappa shape index (κ2) is 5.60. The molecule has 102 valence electrons. The van der Waals surface area contributed by atoms with Crippen molar-refractivity contribution in [3.05, 3.63) is 23.8 Å². The number of amides is 1. The summed E-state index contributed by atoms with van der Waals surface area (Å²) >= 11 is 0. The molecule has 1 heterocycles. The lowest BCUT2D eigenvalue weighted by atomic mass is 9.99. The molecule has 0 saturated carbocycles. The molecular weight excluding hydrogens is 248 g/mol. The summed E-state index contributed by atoms with van der Waals surface area (Å²) in [6, 6.07) is 4.50. The van der Waals surface area contributed by atoms with Crippen molar-refractivity contribution >= 4 is 17.6 Å². The zero-order chi connectivity index (χ0) is 13.8. The van der Waals surface area contributed by atoms with E-state index in [0.717, 1.165) is 6.42 Å². The Morgan fingerprint density at radius 2 is 2.32 bits per heavy atom. The van der Waals surface area contributed by atoms with E-state index in [1.807, 2.05) is 0 Å². The number of ether oxygens (including phenoxy) is 1. The average molecular weight is 264 g/mol. The van der Waals surface area contributed by atoms with Crippen LogP contribution in [0, 0.1) is 5.92 Å². The van der Waals surface area contributed by atoms with Crippen LogP contribution in [-0.2, 0) is 4.79 Å². The second-order valence-electron chi connectivity index (χ2n) is 4.58. The lowest BCUT2D eigenvalue weighted by Crippen LogP contribution is -2.35. The molecule has 0 aromatic heterocycles. The van der Waals surface area contributed by atoms with Crippen LogP contribution in [0.5, 0.6) is 5.75 Å². The maximum absolute atomic E-state index is 11.2. The summed E-state index contributed by atoms with van der Waals surface area (Å²) in [5.74, 6) is -0.667. The summed E-state index contributed by atoms with van der Waals surface area (Å²) in [7, 11) is 0. The largest absolute Gasteiger partial charge is 0.492 e. The van der Waals surface area contributed by atoms with Gasteiger partial charge in [-0.2, -0.15) is 0 Å². The van der Waals surface area contributed by atoms with Crippen molar-refractivity contribution in [2.75, 3.05) is 18.9 Å². The fourth-order valence-corrected chi connectivity index (χ4v) is 2.04. The number of carboxylic acid groups (broad SMARTS) is 1. The summed E-state index contributed by atoms with van der Waals surface area (Å²) in [6.45, 7) is 0.970. The molecule has 0 spiro atoms. The maximum Gasteiger partial charge on any atom is 0.339 e. The van der Waals surface area contributed by atoms with E-state index in [2.05, 4.69) is 5.32 Å². The highest BCUT2D eigenvalue weighted by Gasteiger charge is 2.20. The summed E-state index contributed by atoms with van der Waals surface area (Å²) in [4.78, 5) is 22.3. The molecule has 1 aromatic carbocycles. The highest BCUT2D eigenvalue weighted by Crippen LogP contribution is 2.23. The number of aromatic carboxylic acids is 1. The number of hydrogen-bond acceptors (Lipinski definition) is 4. The van der Waals surface area contributed by atoms with Gasteiger partial charge in [-0.05, 0) is 24.6 Å². The van der Waals surface area contributed by atoms with Gasteiger partial charge < -0.3 is 20.9 Å². The quantitative estimate of drug-likeness (QED) is 0.700. The normalized spacial score (nSPS) is 18.7. The van der Waals surface area contributed by atoms with Gasteiger partial charge in [-0.15, -0.1) is 0 Å². The van der Waals surface area contributed by atoms with E-state index in [-0.39, 0.29) is 23.1 Å². The summed E-state index contributed by atoms with van der Waals surface area (Å²) in [6.07, 6.45) is 1.25. The van der Waals surface area contributed by atoms with Crippen LogP contribution in [0.4, 0.5) is 5.69 Å². The number of hydrogen-bond donors (Lipinski definition) is 3. The Kier molecular flexibility index (Phi) is 3.89. The van der Waals surface area contributed by atoms with Crippen LogP contribution in [0.3, 0.4) is 0 Å². The number of nitrogen functional groups attached to an aromatic ring is 1. The minimum Gasteiger partial charge on any atom is -0.492 e. The fourth-order valence-electron chi connectivity index (χ4n) is 2.04. The molecule has 19 heavy (non-hydrogen) atoms. The summed E-state index contributed by atoms with van der Waals surface area (Å²) in [5.41, 5.74) is 5.97. The minimum absolute atomic E-state index is 0.00983. The standard InChI is InChI=1S/C13H16N2O4/c14-9-1-2-11(10(6-9)13(17)18)19-7-8-3-4-15-12(16)5-8/h1-2,6,8H,3-5,7,14H2,(H,15,16)(H,17,18). The number of nitrogens with one attached hydrogen (secondary N) is 1. The van der Waals surface area contributed by atoms with Crippen LogP contribution < -0.4 is 15.8 Å². The van der Waals surface area contributed by atoms with Crippen molar-refractivity contribution in [1.82, 2.24) is 5.32 Å². The Bertz CT molecular complexity index is 501. The number of carboxylic acids is 1. The zero-order valence-corrected chi connectivity index (χ0v) is 10.4. The Hall–Kier alpha value is -2.24. The second-order valence-corrected chi connectivity index (χ2v) is 4.58. The number of anilines is 1. The van der Waals surface area contributed by atoms with Crippen LogP contribution in [0.2, 0.25) is 0 Å². The first-order chi connectivity index (χ1) is 9.06. The third-order valence-electron chi connectivity index (χ3n) is 3.06. The first-order valence-electron chi connectivity index (χ1n) is 6.08. The van der Waals surface area contributed by atoms with Gasteiger partial charge in [0, 0.05) is 24.6 Å². The zero-order valence-electron chi connectivity index (χ0n) is 10.4. The highest BCUT2D eigenvalue weighted by atomic mass is 16.5. The van der Waals surface area contributed by atoms with Gasteiger partial charge in [-0.25, -0.2) is 4.79 Å². The molecule has 0 radical (unpaired) electrons. The van der Waals surface area contributed by atoms with Crippen LogP contribution in [0.25, 0.3) is 0 Å². The molecule has 1 aliphatic rings. The number of carbonyl (C=O) groups is 2. The smallest absolute Gasteiger partial charge is 0.339 e. The van der Waals surface area contributed by atoms with Gasteiger partial charge in [0.15, 0.2) is 0 Å². The van der Waals surface area contributed by atoms with Gasteiger partial charge in [0.2, 0.25) is 5.91 Å². The fraction of sp³-hybridized carbons (Fsp3) is 0.385. The molecule has 0 bridgehead atoms. The van der Waals surface area contributed by atoms with E-state index in [4.69, 9.17) is 15.6 Å². The van der Waals surface area contributed by atoms with Gasteiger partial charge in [0.05, 0.1) is 6.61 Å². The topological polar surface area (TPSA) is 102 Å². The van der Waals surface area contributed by atoms with E-state index in [0.29, 0.717) is 25.3 Å². The van der Waals surface area contributed by atoms with E-state index < -0.39 is 5.97 Å². The Morgan fingerprint density at radius 1 is 1.53 bits per heavy atom. The van der Waals surface area contributed by atoms with E-state index >= 15 is 0 Å². The highest BCUT2D eigenvalue weighted by molar-refractivity contribution is 5.92. The lowest BCUT2D eigenvalue weighted by Gasteiger charge is -2.22. The predicted octanol–water partition coefficient (Wildman–Crippen LogP) is 0.872. The van der Waals surface area contributed by atoms with Crippen molar-refractivity contribution in [1.29, 1.82) is 0 Å². The molecule has 6 heteroatoms. The summed E-state index contributed by atoms with van der Waals surface area (Å²) < 4.78 is 5.52.